The molecule has 0 aromatic heterocycles. The van der Waals surface area contributed by atoms with Gasteiger partial charge in [-0.2, -0.15) is 13.2 Å². The summed E-state index contributed by atoms with van der Waals surface area (Å²) in [6.45, 7) is 4.55. The molecule has 34 heavy (non-hydrogen) atoms. The Kier molecular flexibility index (Phi) is 6.86. The van der Waals surface area contributed by atoms with Gasteiger partial charge in [-0.15, -0.1) is 0 Å². The predicted octanol–water partition coefficient (Wildman–Crippen LogP) is 5.81. The standard InChI is InChI=1S/C25H23F4NO4/c1-24(2,3)21(23(32)33)30-22(31)18-11-9-14-6-4-5-7-17(14)20(18)34-13-15-8-10-16(12-19(15)26)25(27,28)29/h4-12,21H,13H2,1-3H3,(H,30,31)(H,32,33). The molecule has 0 aliphatic carbocycles. The van der Waals surface area contributed by atoms with Gasteiger partial charge in [-0.05, 0) is 29.0 Å². The second-order valence-corrected chi connectivity index (χ2v) is 8.87. The molecule has 1 atom stereocenters. The fourth-order valence-corrected chi connectivity index (χ4v) is 3.43. The molecule has 5 nitrogen and oxygen atoms in total. The van der Waals surface area contributed by atoms with Crippen LogP contribution in [0.3, 0.4) is 0 Å². The number of ether oxygens (including phenoxy) is 1. The van der Waals surface area contributed by atoms with Crippen LogP contribution in [0.4, 0.5) is 17.6 Å². The van der Waals surface area contributed by atoms with E-state index >= 15 is 0 Å². The topological polar surface area (TPSA) is 75.6 Å². The van der Waals surface area contributed by atoms with Crippen molar-refractivity contribution < 1.29 is 37.0 Å². The number of nitrogens with one attached hydrogen (secondary N) is 1. The first kappa shape index (κ1) is 25.0. The molecular formula is C25H23F4NO4. The Morgan fingerprint density at radius 2 is 1.71 bits per heavy atom. The molecule has 1 amide bonds. The summed E-state index contributed by atoms with van der Waals surface area (Å²) in [4.78, 5) is 24.7. The molecule has 9 heteroatoms. The third kappa shape index (κ3) is 5.47. The molecule has 3 rings (SSSR count). The van der Waals surface area contributed by atoms with E-state index in [0.29, 0.717) is 16.8 Å². The second kappa shape index (κ2) is 9.32. The number of rotatable bonds is 6. The first-order chi connectivity index (χ1) is 15.8. The third-order valence-corrected chi connectivity index (χ3v) is 5.27. The van der Waals surface area contributed by atoms with E-state index < -0.39 is 47.5 Å². The van der Waals surface area contributed by atoms with Gasteiger partial charge in [0.2, 0.25) is 0 Å². The zero-order valence-electron chi connectivity index (χ0n) is 18.7. The van der Waals surface area contributed by atoms with Gasteiger partial charge in [-0.1, -0.05) is 57.2 Å². The summed E-state index contributed by atoms with van der Waals surface area (Å²) in [6.07, 6.45) is -4.69. The van der Waals surface area contributed by atoms with Crippen LogP contribution in [0.15, 0.2) is 54.6 Å². The minimum absolute atomic E-state index is 0.0153. The van der Waals surface area contributed by atoms with E-state index in [0.717, 1.165) is 12.1 Å². The molecule has 0 spiro atoms. The van der Waals surface area contributed by atoms with Gasteiger partial charge in [0.1, 0.15) is 24.2 Å². The van der Waals surface area contributed by atoms with E-state index in [4.69, 9.17) is 4.74 Å². The molecule has 0 saturated carbocycles. The number of fused-ring (bicyclic) bond motifs is 1. The van der Waals surface area contributed by atoms with Crippen molar-refractivity contribution in [2.45, 2.75) is 39.6 Å². The molecule has 2 N–H and O–H groups in total. The Hall–Kier alpha value is -3.62. The Labute approximate surface area is 193 Å². The van der Waals surface area contributed by atoms with Crippen LogP contribution in [-0.4, -0.2) is 23.0 Å². The van der Waals surface area contributed by atoms with E-state index in [9.17, 15) is 32.3 Å². The molecule has 0 saturated heterocycles. The summed E-state index contributed by atoms with van der Waals surface area (Å²) < 4.78 is 58.6. The smallest absolute Gasteiger partial charge is 0.416 e. The number of hydrogen-bond acceptors (Lipinski definition) is 3. The van der Waals surface area contributed by atoms with Crippen molar-refractivity contribution in [2.75, 3.05) is 0 Å². The van der Waals surface area contributed by atoms with Crippen LogP contribution in [0.25, 0.3) is 10.8 Å². The number of halogens is 4. The molecule has 3 aromatic rings. The highest BCUT2D eigenvalue weighted by Crippen LogP contribution is 2.33. The van der Waals surface area contributed by atoms with Crippen molar-refractivity contribution in [2.24, 2.45) is 5.41 Å². The lowest BCUT2D eigenvalue weighted by atomic mass is 9.86. The van der Waals surface area contributed by atoms with Gasteiger partial charge < -0.3 is 15.2 Å². The van der Waals surface area contributed by atoms with E-state index in [1.807, 2.05) is 0 Å². The van der Waals surface area contributed by atoms with Crippen LogP contribution in [0.5, 0.6) is 5.75 Å². The largest absolute Gasteiger partial charge is 0.487 e. The van der Waals surface area contributed by atoms with Crippen molar-refractivity contribution in [3.63, 3.8) is 0 Å². The molecule has 0 aliphatic rings. The van der Waals surface area contributed by atoms with Gasteiger partial charge in [0.05, 0.1) is 11.1 Å². The fraction of sp³-hybridized carbons (Fsp3) is 0.280. The van der Waals surface area contributed by atoms with Gasteiger partial charge in [-0.25, -0.2) is 9.18 Å². The van der Waals surface area contributed by atoms with Gasteiger partial charge in [0.15, 0.2) is 0 Å². The Bertz CT molecular complexity index is 1230. The van der Waals surface area contributed by atoms with Crippen molar-refractivity contribution in [1.29, 1.82) is 0 Å². The lowest BCUT2D eigenvalue weighted by Gasteiger charge is -2.28. The molecular weight excluding hydrogens is 454 g/mol. The van der Waals surface area contributed by atoms with E-state index in [1.165, 1.54) is 6.07 Å². The maximum absolute atomic E-state index is 14.3. The minimum Gasteiger partial charge on any atom is -0.487 e. The van der Waals surface area contributed by atoms with E-state index in [2.05, 4.69) is 5.32 Å². The summed E-state index contributed by atoms with van der Waals surface area (Å²) >= 11 is 0. The van der Waals surface area contributed by atoms with E-state index in [-0.39, 0.29) is 16.9 Å². The molecule has 180 valence electrons. The number of carbonyl (C=O) groups excluding carboxylic acids is 1. The average Bonchev–Trinajstić information content (AvgIpc) is 2.74. The summed E-state index contributed by atoms with van der Waals surface area (Å²) in [5, 5.41) is 13.2. The number of alkyl halides is 3. The molecule has 3 aromatic carbocycles. The summed E-state index contributed by atoms with van der Waals surface area (Å²) in [7, 11) is 0. The highest BCUT2D eigenvalue weighted by atomic mass is 19.4. The third-order valence-electron chi connectivity index (χ3n) is 5.27. The lowest BCUT2D eigenvalue weighted by molar-refractivity contribution is -0.142. The molecule has 0 bridgehead atoms. The van der Waals surface area contributed by atoms with Gasteiger partial charge in [0, 0.05) is 10.9 Å². The number of amides is 1. The van der Waals surface area contributed by atoms with Crippen molar-refractivity contribution in [3.8, 4) is 5.75 Å². The van der Waals surface area contributed by atoms with Crippen molar-refractivity contribution in [1.82, 2.24) is 5.32 Å². The molecule has 1 unspecified atom stereocenters. The first-order valence-corrected chi connectivity index (χ1v) is 10.3. The van der Waals surface area contributed by atoms with Crippen molar-refractivity contribution >= 4 is 22.6 Å². The predicted molar refractivity (Wildman–Crippen MR) is 118 cm³/mol. The van der Waals surface area contributed by atoms with Crippen LogP contribution in [0.1, 0.15) is 42.3 Å². The zero-order chi connectivity index (χ0) is 25.3. The SMILES string of the molecule is CC(C)(C)C(NC(=O)c1ccc2ccccc2c1OCc1ccc(C(F)(F)F)cc1F)C(=O)O. The summed E-state index contributed by atoms with van der Waals surface area (Å²) in [6, 6.07) is 10.9. The molecule has 0 heterocycles. The minimum atomic E-state index is -4.69. The normalized spacial score (nSPS) is 12.9. The Morgan fingerprint density at radius 3 is 2.29 bits per heavy atom. The molecule has 0 radical (unpaired) electrons. The average molecular weight is 477 g/mol. The molecule has 0 fully saturated rings. The van der Waals surface area contributed by atoms with Crippen molar-refractivity contribution in [3.05, 3.63) is 77.1 Å². The van der Waals surface area contributed by atoms with Crippen LogP contribution < -0.4 is 10.1 Å². The van der Waals surface area contributed by atoms with Gasteiger partial charge in [0.25, 0.3) is 5.91 Å². The zero-order valence-corrected chi connectivity index (χ0v) is 18.7. The van der Waals surface area contributed by atoms with Crippen LogP contribution in [0.2, 0.25) is 0 Å². The summed E-state index contributed by atoms with van der Waals surface area (Å²) in [5.74, 6) is -2.96. The number of hydrogen-bond donors (Lipinski definition) is 2. The maximum atomic E-state index is 14.3. The maximum Gasteiger partial charge on any atom is 0.416 e. The van der Waals surface area contributed by atoms with Crippen LogP contribution in [-0.2, 0) is 17.6 Å². The first-order valence-electron chi connectivity index (χ1n) is 10.3. The number of carboxylic acids is 1. The van der Waals surface area contributed by atoms with Gasteiger partial charge >= 0.3 is 12.1 Å². The van der Waals surface area contributed by atoms with E-state index in [1.54, 1.807) is 51.1 Å². The lowest BCUT2D eigenvalue weighted by Crippen LogP contribution is -2.49. The number of aliphatic carboxylic acids is 1. The number of benzene rings is 3. The molecule has 0 aliphatic heterocycles. The number of carbonyl (C=O) groups is 2. The quantitative estimate of drug-likeness (QED) is 0.440. The number of carboxylic acid groups (broad SMARTS) is 1. The highest BCUT2D eigenvalue weighted by Gasteiger charge is 2.34. The van der Waals surface area contributed by atoms with Gasteiger partial charge in [-0.3, -0.25) is 4.79 Å². The monoisotopic (exact) mass is 477 g/mol. The highest BCUT2D eigenvalue weighted by molar-refractivity contribution is 6.05. The van der Waals surface area contributed by atoms with Crippen LogP contribution >= 0.6 is 0 Å². The summed E-state index contributed by atoms with van der Waals surface area (Å²) in [5.41, 5.74) is -2.03. The fourth-order valence-electron chi connectivity index (χ4n) is 3.43. The Balaban J connectivity index is 1.97. The van der Waals surface area contributed by atoms with Crippen LogP contribution in [0, 0.1) is 11.2 Å². The Morgan fingerprint density at radius 1 is 1.03 bits per heavy atom. The second-order valence-electron chi connectivity index (χ2n) is 8.87.